The van der Waals surface area contributed by atoms with E-state index in [4.69, 9.17) is 9.47 Å². The lowest BCUT2D eigenvalue weighted by Gasteiger charge is -2.37. The van der Waals surface area contributed by atoms with E-state index in [2.05, 4.69) is 9.87 Å². The van der Waals surface area contributed by atoms with Gasteiger partial charge in [-0.15, -0.1) is 0 Å². The molecule has 0 radical (unpaired) electrons. The summed E-state index contributed by atoms with van der Waals surface area (Å²) in [7, 11) is 1.62. The number of nitrogens with one attached hydrogen (secondary N) is 1. The van der Waals surface area contributed by atoms with E-state index in [1.165, 1.54) is 0 Å². The Balaban J connectivity index is 1.96. The molecule has 4 rings (SSSR count). The third-order valence-electron chi connectivity index (χ3n) is 5.06. The number of hydrogen-bond donors (Lipinski definition) is 3. The van der Waals surface area contributed by atoms with Crippen LogP contribution in [0.2, 0.25) is 0 Å². The van der Waals surface area contributed by atoms with E-state index in [0.717, 1.165) is 27.4 Å². The average Bonchev–Trinajstić information content (AvgIpc) is 2.98. The van der Waals surface area contributed by atoms with Crippen LogP contribution in [-0.4, -0.2) is 34.2 Å². The number of para-hydroxylation sites is 1. The molecule has 1 aliphatic heterocycles. The zero-order valence-electron chi connectivity index (χ0n) is 14.4. The molecular weight excluding hydrogens is 322 g/mol. The molecule has 3 aromatic rings. The van der Waals surface area contributed by atoms with Gasteiger partial charge in [0.2, 0.25) is 0 Å². The molecule has 0 bridgehead atoms. The highest BCUT2D eigenvalue weighted by Crippen LogP contribution is 2.43. The molecule has 0 aliphatic carbocycles. The zero-order chi connectivity index (χ0) is 17.8. The second-order valence-corrected chi connectivity index (χ2v) is 6.95. The van der Waals surface area contributed by atoms with Crippen molar-refractivity contribution < 1.29 is 24.7 Å². The Morgan fingerprint density at radius 1 is 1.24 bits per heavy atom. The highest BCUT2D eigenvalue weighted by molar-refractivity contribution is 6.10. The molecule has 0 saturated carbocycles. The van der Waals surface area contributed by atoms with Crippen LogP contribution in [0.15, 0.2) is 30.3 Å². The van der Waals surface area contributed by atoms with Crippen LogP contribution in [0.4, 0.5) is 0 Å². The highest BCUT2D eigenvalue weighted by atomic mass is 17.1. The van der Waals surface area contributed by atoms with Crippen LogP contribution in [0.25, 0.3) is 21.8 Å². The van der Waals surface area contributed by atoms with Crippen molar-refractivity contribution in [2.75, 3.05) is 7.11 Å². The number of aliphatic hydroxyl groups excluding tert-OH is 1. The summed E-state index contributed by atoms with van der Waals surface area (Å²) in [6.45, 7) is 3.42. The lowest BCUT2D eigenvalue weighted by Crippen LogP contribution is -2.44. The van der Waals surface area contributed by atoms with E-state index >= 15 is 0 Å². The number of rotatable bonds is 3. The Labute approximate surface area is 144 Å². The smallest absolute Gasteiger partial charge is 0.182 e. The molecule has 0 spiro atoms. The van der Waals surface area contributed by atoms with Crippen molar-refractivity contribution in [1.29, 1.82) is 0 Å². The van der Waals surface area contributed by atoms with Gasteiger partial charge in [-0.2, -0.15) is 0 Å². The average molecular weight is 343 g/mol. The molecule has 1 aromatic heterocycles. The van der Waals surface area contributed by atoms with Gasteiger partial charge in [0.1, 0.15) is 11.4 Å². The first kappa shape index (κ1) is 16.4. The third-order valence-corrected chi connectivity index (χ3v) is 5.06. The number of ether oxygens (including phenoxy) is 2. The Morgan fingerprint density at radius 3 is 2.72 bits per heavy atom. The number of H-pyrrole nitrogens is 1. The first-order chi connectivity index (χ1) is 12.0. The van der Waals surface area contributed by atoms with Crippen LogP contribution in [0.5, 0.6) is 5.75 Å². The van der Waals surface area contributed by atoms with Crippen molar-refractivity contribution >= 4 is 21.8 Å². The largest absolute Gasteiger partial charge is 0.494 e. The quantitative estimate of drug-likeness (QED) is 0.500. The fraction of sp³-hybridized carbons (Fsp3) is 0.368. The lowest BCUT2D eigenvalue weighted by atomic mass is 9.88. The van der Waals surface area contributed by atoms with Gasteiger partial charge in [-0.05, 0) is 26.0 Å². The molecule has 132 valence electrons. The van der Waals surface area contributed by atoms with Crippen molar-refractivity contribution in [3.05, 3.63) is 41.5 Å². The molecule has 25 heavy (non-hydrogen) atoms. The van der Waals surface area contributed by atoms with Crippen LogP contribution >= 0.6 is 0 Å². The topological polar surface area (TPSA) is 83.9 Å². The van der Waals surface area contributed by atoms with Crippen molar-refractivity contribution in [2.24, 2.45) is 0 Å². The molecule has 6 nitrogen and oxygen atoms in total. The number of methoxy groups -OCH3 is 1. The van der Waals surface area contributed by atoms with Crippen LogP contribution in [-0.2, 0) is 16.0 Å². The van der Waals surface area contributed by atoms with Gasteiger partial charge in [-0.25, -0.2) is 4.89 Å². The second kappa shape index (κ2) is 5.71. The number of hydrogen-bond acceptors (Lipinski definition) is 5. The number of fused-ring (bicyclic) bond motifs is 4. The van der Waals surface area contributed by atoms with E-state index < -0.39 is 18.0 Å². The first-order valence-electron chi connectivity index (χ1n) is 8.22. The normalized spacial score (nSPS) is 20.8. The fourth-order valence-corrected chi connectivity index (χ4v) is 3.60. The van der Waals surface area contributed by atoms with Crippen molar-refractivity contribution in [2.45, 2.75) is 38.3 Å². The fourth-order valence-electron chi connectivity index (χ4n) is 3.60. The summed E-state index contributed by atoms with van der Waals surface area (Å²) >= 11 is 0. The number of aromatic amines is 1. The Morgan fingerprint density at radius 2 is 2.00 bits per heavy atom. The maximum absolute atomic E-state index is 10.6. The molecule has 2 heterocycles. The number of benzene rings is 2. The molecule has 2 atom stereocenters. The maximum Gasteiger partial charge on any atom is 0.182 e. The zero-order valence-corrected chi connectivity index (χ0v) is 14.4. The molecule has 0 unspecified atom stereocenters. The van der Waals surface area contributed by atoms with E-state index in [1.54, 1.807) is 21.0 Å². The van der Waals surface area contributed by atoms with Crippen LogP contribution in [0, 0.1) is 0 Å². The molecule has 0 saturated heterocycles. The van der Waals surface area contributed by atoms with Gasteiger partial charge in [-0.1, -0.05) is 18.2 Å². The molecular formula is C19H21NO5. The van der Waals surface area contributed by atoms with Gasteiger partial charge in [0.05, 0.1) is 18.7 Å². The minimum atomic E-state index is -1.12. The van der Waals surface area contributed by atoms with Gasteiger partial charge >= 0.3 is 0 Å². The SMILES string of the molecule is COc1c2c(cc3c1[nH]c1ccccc13)[C@H](O)O[C@@H](C(C)(C)OO)C2. The predicted molar refractivity (Wildman–Crippen MR) is 93.7 cm³/mol. The Kier molecular flexibility index (Phi) is 3.73. The minimum Gasteiger partial charge on any atom is -0.494 e. The summed E-state index contributed by atoms with van der Waals surface area (Å²) in [5.74, 6) is 0.685. The van der Waals surface area contributed by atoms with E-state index in [-0.39, 0.29) is 0 Å². The van der Waals surface area contributed by atoms with Crippen LogP contribution in [0.1, 0.15) is 31.3 Å². The summed E-state index contributed by atoms with van der Waals surface area (Å²) in [5, 5.41) is 21.8. The maximum atomic E-state index is 10.6. The summed E-state index contributed by atoms with van der Waals surface area (Å²) in [4.78, 5) is 7.97. The third kappa shape index (κ3) is 2.41. The predicted octanol–water partition coefficient (Wildman–Crippen LogP) is 3.53. The van der Waals surface area contributed by atoms with Crippen molar-refractivity contribution in [1.82, 2.24) is 4.98 Å². The summed E-state index contributed by atoms with van der Waals surface area (Å²) < 4.78 is 11.4. The first-order valence-corrected chi connectivity index (χ1v) is 8.22. The molecule has 6 heteroatoms. The Bertz CT molecular complexity index is 946. The summed E-state index contributed by atoms with van der Waals surface area (Å²) in [6.07, 6.45) is -1.18. The lowest BCUT2D eigenvalue weighted by molar-refractivity contribution is -0.349. The summed E-state index contributed by atoms with van der Waals surface area (Å²) in [6, 6.07) is 9.93. The highest BCUT2D eigenvalue weighted by Gasteiger charge is 2.40. The molecule has 1 aliphatic rings. The Hall–Kier alpha value is -2.12. The van der Waals surface area contributed by atoms with E-state index in [9.17, 15) is 10.4 Å². The second-order valence-electron chi connectivity index (χ2n) is 6.95. The van der Waals surface area contributed by atoms with Crippen LogP contribution < -0.4 is 4.74 Å². The van der Waals surface area contributed by atoms with Gasteiger partial charge in [0.25, 0.3) is 0 Å². The molecule has 2 aromatic carbocycles. The van der Waals surface area contributed by atoms with Crippen LogP contribution in [0.3, 0.4) is 0 Å². The van der Waals surface area contributed by atoms with Crippen molar-refractivity contribution in [3.63, 3.8) is 0 Å². The van der Waals surface area contributed by atoms with Gasteiger partial charge in [0, 0.05) is 33.8 Å². The van der Waals surface area contributed by atoms with Gasteiger partial charge in [-0.3, -0.25) is 5.26 Å². The standard InChI is InChI=1S/C19H21NO5/c1-19(2,25-22)15-9-12-13(18(21)24-15)8-11-10-6-4-5-7-14(10)20-16(11)17(12)23-3/h4-8,15,18,20-22H,9H2,1-3H3/t15-,18-/m1/s1. The number of aliphatic hydroxyl groups is 1. The molecule has 0 amide bonds. The van der Waals surface area contributed by atoms with E-state index in [1.807, 2.05) is 30.3 Å². The monoisotopic (exact) mass is 343 g/mol. The molecule has 3 N–H and O–H groups in total. The minimum absolute atomic E-state index is 0.453. The van der Waals surface area contributed by atoms with Crippen molar-refractivity contribution in [3.8, 4) is 5.75 Å². The van der Waals surface area contributed by atoms with Gasteiger partial charge in [0.15, 0.2) is 6.29 Å². The summed E-state index contributed by atoms with van der Waals surface area (Å²) in [5.41, 5.74) is 2.47. The van der Waals surface area contributed by atoms with Gasteiger partial charge < -0.3 is 19.6 Å². The van der Waals surface area contributed by atoms with E-state index in [0.29, 0.717) is 17.7 Å². The molecule has 0 fully saturated rings. The number of aromatic nitrogens is 1.